The van der Waals surface area contributed by atoms with Crippen molar-refractivity contribution in [3.8, 4) is 0 Å². The van der Waals surface area contributed by atoms with Crippen LogP contribution in [0.5, 0.6) is 0 Å². The molecule has 1 fully saturated rings. The summed E-state index contributed by atoms with van der Waals surface area (Å²) in [6.07, 6.45) is 0. The molecule has 1 unspecified atom stereocenters. The molecule has 1 atom stereocenters. The Hall–Kier alpha value is -2.00. The highest BCUT2D eigenvalue weighted by molar-refractivity contribution is 7.89. The normalized spacial score (nSPS) is 17.2. The number of sulfonamides is 1. The molecule has 0 saturated carbocycles. The molecule has 1 aliphatic rings. The highest BCUT2D eigenvalue weighted by atomic mass is 35.5. The minimum absolute atomic E-state index is 0.124. The summed E-state index contributed by atoms with van der Waals surface area (Å²) >= 11 is 5.95. The van der Waals surface area contributed by atoms with Gasteiger partial charge in [0.1, 0.15) is 5.82 Å². The molecule has 0 spiro atoms. The quantitative estimate of drug-likeness (QED) is 0.799. The molecule has 3 rings (SSSR count). The molecular formula is C19H21ClFN3O3S. The van der Waals surface area contributed by atoms with E-state index in [4.69, 9.17) is 11.6 Å². The van der Waals surface area contributed by atoms with Gasteiger partial charge in [0.15, 0.2) is 0 Å². The summed E-state index contributed by atoms with van der Waals surface area (Å²) in [5, 5.41) is 2.82. The second-order valence-corrected chi connectivity index (χ2v) is 8.89. The molecule has 0 bridgehead atoms. The van der Waals surface area contributed by atoms with Crippen molar-refractivity contribution in [1.29, 1.82) is 0 Å². The van der Waals surface area contributed by atoms with Crippen molar-refractivity contribution < 1.29 is 17.6 Å². The summed E-state index contributed by atoms with van der Waals surface area (Å²) in [6.45, 7) is 3.20. The lowest BCUT2D eigenvalue weighted by Crippen LogP contribution is -2.53. The SMILES string of the molecule is CC(C(=O)Nc1ccc(F)cc1Cl)N1CCN(S(=O)(=O)c2ccccc2)CC1. The molecule has 1 aliphatic heterocycles. The van der Waals surface area contributed by atoms with Crippen LogP contribution in [0.3, 0.4) is 0 Å². The van der Waals surface area contributed by atoms with E-state index in [1.54, 1.807) is 37.3 Å². The summed E-state index contributed by atoms with van der Waals surface area (Å²) < 4.78 is 39.9. The van der Waals surface area contributed by atoms with E-state index in [1.807, 2.05) is 4.90 Å². The number of rotatable bonds is 5. The Balaban J connectivity index is 1.60. The lowest BCUT2D eigenvalue weighted by Gasteiger charge is -2.36. The minimum atomic E-state index is -3.54. The van der Waals surface area contributed by atoms with Gasteiger partial charge >= 0.3 is 0 Å². The third kappa shape index (κ3) is 4.52. The smallest absolute Gasteiger partial charge is 0.243 e. The molecule has 2 aromatic rings. The van der Waals surface area contributed by atoms with Crippen LogP contribution in [0.25, 0.3) is 0 Å². The number of piperazine rings is 1. The predicted molar refractivity (Wildman–Crippen MR) is 106 cm³/mol. The second-order valence-electron chi connectivity index (χ2n) is 6.54. The lowest BCUT2D eigenvalue weighted by molar-refractivity contribution is -0.121. The van der Waals surface area contributed by atoms with Crippen molar-refractivity contribution in [1.82, 2.24) is 9.21 Å². The van der Waals surface area contributed by atoms with Gasteiger partial charge in [-0.05, 0) is 37.3 Å². The van der Waals surface area contributed by atoms with E-state index < -0.39 is 21.9 Å². The van der Waals surface area contributed by atoms with E-state index in [0.717, 1.165) is 6.07 Å². The Labute approximate surface area is 168 Å². The predicted octanol–water partition coefficient (Wildman–Crippen LogP) is 2.81. The van der Waals surface area contributed by atoms with Crippen LogP contribution in [0.4, 0.5) is 10.1 Å². The topological polar surface area (TPSA) is 69.7 Å². The van der Waals surface area contributed by atoms with Crippen molar-refractivity contribution in [2.24, 2.45) is 0 Å². The number of anilines is 1. The average Bonchev–Trinajstić information content (AvgIpc) is 2.70. The highest BCUT2D eigenvalue weighted by Gasteiger charge is 2.31. The Morgan fingerprint density at radius 3 is 2.36 bits per heavy atom. The number of hydrogen-bond acceptors (Lipinski definition) is 4. The maximum absolute atomic E-state index is 13.1. The van der Waals surface area contributed by atoms with Crippen LogP contribution in [0.2, 0.25) is 5.02 Å². The van der Waals surface area contributed by atoms with Crippen molar-refractivity contribution in [2.45, 2.75) is 17.9 Å². The van der Waals surface area contributed by atoms with E-state index in [-0.39, 0.29) is 15.8 Å². The summed E-state index contributed by atoms with van der Waals surface area (Å²) in [5.74, 6) is -0.764. The van der Waals surface area contributed by atoms with Crippen LogP contribution >= 0.6 is 11.6 Å². The molecule has 150 valence electrons. The van der Waals surface area contributed by atoms with Gasteiger partial charge in [0.25, 0.3) is 0 Å². The first-order valence-corrected chi connectivity index (χ1v) is 10.7. The molecule has 9 heteroatoms. The van der Waals surface area contributed by atoms with Crippen LogP contribution in [-0.4, -0.2) is 55.8 Å². The first kappa shape index (κ1) is 20.7. The molecule has 28 heavy (non-hydrogen) atoms. The number of carbonyl (C=O) groups is 1. The van der Waals surface area contributed by atoms with Gasteiger partial charge in [-0.15, -0.1) is 0 Å². The Morgan fingerprint density at radius 1 is 1.11 bits per heavy atom. The third-order valence-electron chi connectivity index (χ3n) is 4.77. The largest absolute Gasteiger partial charge is 0.323 e. The molecule has 0 radical (unpaired) electrons. The number of hydrogen-bond donors (Lipinski definition) is 1. The second kappa shape index (κ2) is 8.57. The van der Waals surface area contributed by atoms with Gasteiger partial charge in [-0.3, -0.25) is 9.69 Å². The summed E-state index contributed by atoms with van der Waals surface area (Å²) in [4.78, 5) is 14.7. The monoisotopic (exact) mass is 425 g/mol. The number of halogens is 2. The van der Waals surface area contributed by atoms with Gasteiger partial charge in [0.2, 0.25) is 15.9 Å². The van der Waals surface area contributed by atoms with E-state index in [2.05, 4.69) is 5.32 Å². The zero-order valence-corrected chi connectivity index (χ0v) is 16.9. The molecule has 6 nitrogen and oxygen atoms in total. The van der Waals surface area contributed by atoms with Crippen LogP contribution in [0.1, 0.15) is 6.92 Å². The van der Waals surface area contributed by atoms with Gasteiger partial charge in [0, 0.05) is 26.2 Å². The lowest BCUT2D eigenvalue weighted by atomic mass is 10.2. The van der Waals surface area contributed by atoms with Crippen molar-refractivity contribution in [3.63, 3.8) is 0 Å². The van der Waals surface area contributed by atoms with Gasteiger partial charge in [-0.25, -0.2) is 12.8 Å². The summed E-state index contributed by atoms with van der Waals surface area (Å²) in [7, 11) is -3.54. The van der Waals surface area contributed by atoms with E-state index in [9.17, 15) is 17.6 Å². The van der Waals surface area contributed by atoms with Crippen molar-refractivity contribution in [2.75, 3.05) is 31.5 Å². The molecule has 1 N–H and O–H groups in total. The van der Waals surface area contributed by atoms with Gasteiger partial charge in [0.05, 0.1) is 21.6 Å². The van der Waals surface area contributed by atoms with Crippen LogP contribution in [0, 0.1) is 5.82 Å². The van der Waals surface area contributed by atoms with Crippen LogP contribution < -0.4 is 5.32 Å². The molecule has 1 amide bonds. The Kier molecular flexibility index (Phi) is 6.34. The fraction of sp³-hybridized carbons (Fsp3) is 0.316. The highest BCUT2D eigenvalue weighted by Crippen LogP contribution is 2.23. The van der Waals surface area contributed by atoms with E-state index in [1.165, 1.54) is 16.4 Å². The standard InChI is InChI=1S/C19H21ClFN3O3S/c1-14(19(25)22-18-8-7-15(21)13-17(18)20)23-9-11-24(12-10-23)28(26,27)16-5-3-2-4-6-16/h2-8,13-14H,9-12H2,1H3,(H,22,25). The van der Waals surface area contributed by atoms with Crippen LogP contribution in [-0.2, 0) is 14.8 Å². The fourth-order valence-corrected chi connectivity index (χ4v) is 4.72. The first-order chi connectivity index (χ1) is 13.3. The van der Waals surface area contributed by atoms with Gasteiger partial charge in [-0.1, -0.05) is 29.8 Å². The Bertz CT molecular complexity index is 948. The number of benzene rings is 2. The van der Waals surface area contributed by atoms with E-state index >= 15 is 0 Å². The Morgan fingerprint density at radius 2 is 1.75 bits per heavy atom. The van der Waals surface area contributed by atoms with Gasteiger partial charge in [-0.2, -0.15) is 4.31 Å². The van der Waals surface area contributed by atoms with Crippen molar-refractivity contribution in [3.05, 3.63) is 59.4 Å². The van der Waals surface area contributed by atoms with Crippen LogP contribution in [0.15, 0.2) is 53.4 Å². The molecular weight excluding hydrogens is 405 g/mol. The molecule has 0 aliphatic carbocycles. The summed E-state index contributed by atoms with van der Waals surface area (Å²) in [6, 6.07) is 11.6. The average molecular weight is 426 g/mol. The minimum Gasteiger partial charge on any atom is -0.323 e. The van der Waals surface area contributed by atoms with Crippen molar-refractivity contribution >= 4 is 33.2 Å². The maximum Gasteiger partial charge on any atom is 0.243 e. The third-order valence-corrected chi connectivity index (χ3v) is 7.00. The number of carbonyl (C=O) groups excluding carboxylic acids is 1. The first-order valence-electron chi connectivity index (χ1n) is 8.84. The number of nitrogens with zero attached hydrogens (tertiary/aromatic N) is 2. The fourth-order valence-electron chi connectivity index (χ4n) is 3.07. The zero-order valence-electron chi connectivity index (χ0n) is 15.3. The van der Waals surface area contributed by atoms with E-state index in [0.29, 0.717) is 31.9 Å². The molecule has 1 heterocycles. The maximum atomic E-state index is 13.1. The number of amides is 1. The molecule has 1 saturated heterocycles. The zero-order chi connectivity index (χ0) is 20.3. The number of nitrogens with one attached hydrogen (secondary N) is 1. The molecule has 2 aromatic carbocycles. The molecule has 0 aromatic heterocycles. The summed E-state index contributed by atoms with van der Waals surface area (Å²) in [5.41, 5.74) is 0.338. The van der Waals surface area contributed by atoms with Gasteiger partial charge < -0.3 is 5.32 Å².